The Morgan fingerprint density at radius 2 is 1.48 bits per heavy atom. The van der Waals surface area contributed by atoms with Gasteiger partial charge in [-0.05, 0) is 23.3 Å². The summed E-state index contributed by atoms with van der Waals surface area (Å²) in [5, 5.41) is 6.42. The van der Waals surface area contributed by atoms with Crippen molar-refractivity contribution in [2.75, 3.05) is 37.7 Å². The average molecular weight is 334 g/mol. The third kappa shape index (κ3) is 3.29. The van der Waals surface area contributed by atoms with Crippen molar-refractivity contribution in [3.63, 3.8) is 0 Å². The molecule has 1 fully saturated rings. The van der Waals surface area contributed by atoms with Gasteiger partial charge in [-0.2, -0.15) is 0 Å². The van der Waals surface area contributed by atoms with E-state index in [1.807, 2.05) is 48.5 Å². The molecule has 5 heteroatoms. The summed E-state index contributed by atoms with van der Waals surface area (Å²) in [7, 11) is 0. The average Bonchev–Trinajstić information content (AvgIpc) is 2.84. The van der Waals surface area contributed by atoms with Crippen LogP contribution in [-0.4, -0.2) is 43.8 Å². The molecular formula is C20H22N4O. The highest BCUT2D eigenvalue weighted by Crippen LogP contribution is 2.36. The van der Waals surface area contributed by atoms with Crippen molar-refractivity contribution in [2.45, 2.75) is 0 Å². The minimum atomic E-state index is -0.0952. The molecule has 0 atom stereocenters. The van der Waals surface area contributed by atoms with E-state index in [1.165, 1.54) is 0 Å². The standard InChI is InChI=1S/C20H22N4O/c25-20(22-15-23-13-11-21-12-14-23)24-18-7-3-1-5-16(18)9-10-17-6-2-4-8-19(17)24/h1-10,21H,11-15H2,(H,22,25). The first-order valence-corrected chi connectivity index (χ1v) is 8.70. The first kappa shape index (κ1) is 15.9. The zero-order valence-corrected chi connectivity index (χ0v) is 14.1. The third-order valence-corrected chi connectivity index (χ3v) is 4.66. The predicted octanol–water partition coefficient (Wildman–Crippen LogP) is 2.88. The molecule has 128 valence electrons. The van der Waals surface area contributed by atoms with Crippen molar-refractivity contribution in [3.8, 4) is 0 Å². The number of hydrogen-bond acceptors (Lipinski definition) is 3. The number of nitrogens with one attached hydrogen (secondary N) is 2. The largest absolute Gasteiger partial charge is 0.327 e. The minimum absolute atomic E-state index is 0.0952. The number of nitrogens with zero attached hydrogens (tertiary/aromatic N) is 2. The van der Waals surface area contributed by atoms with E-state index in [1.54, 1.807) is 4.90 Å². The van der Waals surface area contributed by atoms with Gasteiger partial charge in [0.25, 0.3) is 0 Å². The van der Waals surface area contributed by atoms with Crippen LogP contribution in [0.3, 0.4) is 0 Å². The fourth-order valence-corrected chi connectivity index (χ4v) is 3.32. The van der Waals surface area contributed by atoms with E-state index in [0.29, 0.717) is 6.67 Å². The van der Waals surface area contributed by atoms with Gasteiger partial charge in [-0.15, -0.1) is 0 Å². The van der Waals surface area contributed by atoms with Gasteiger partial charge in [0.05, 0.1) is 18.0 Å². The summed E-state index contributed by atoms with van der Waals surface area (Å²) in [6.45, 7) is 4.41. The summed E-state index contributed by atoms with van der Waals surface area (Å²) >= 11 is 0. The predicted molar refractivity (Wildman–Crippen MR) is 102 cm³/mol. The second kappa shape index (κ2) is 7.09. The smallest absolute Gasteiger partial charge is 0.325 e. The van der Waals surface area contributed by atoms with E-state index in [0.717, 1.165) is 48.7 Å². The Kier molecular flexibility index (Phi) is 4.50. The monoisotopic (exact) mass is 334 g/mol. The number of carbonyl (C=O) groups excluding carboxylic acids is 1. The summed E-state index contributed by atoms with van der Waals surface area (Å²) in [6, 6.07) is 15.9. The highest BCUT2D eigenvalue weighted by Gasteiger charge is 2.24. The summed E-state index contributed by atoms with van der Waals surface area (Å²) in [5.74, 6) is 0. The van der Waals surface area contributed by atoms with Gasteiger partial charge >= 0.3 is 6.03 Å². The van der Waals surface area contributed by atoms with Crippen LogP contribution in [0.4, 0.5) is 16.2 Å². The van der Waals surface area contributed by atoms with E-state index in [9.17, 15) is 4.79 Å². The van der Waals surface area contributed by atoms with Crippen molar-refractivity contribution in [3.05, 3.63) is 59.7 Å². The highest BCUT2D eigenvalue weighted by atomic mass is 16.2. The lowest BCUT2D eigenvalue weighted by Gasteiger charge is -2.30. The van der Waals surface area contributed by atoms with Crippen molar-refractivity contribution in [1.82, 2.24) is 15.5 Å². The Morgan fingerprint density at radius 3 is 2.08 bits per heavy atom. The number of para-hydroxylation sites is 2. The van der Waals surface area contributed by atoms with E-state index in [4.69, 9.17) is 0 Å². The first-order valence-electron chi connectivity index (χ1n) is 8.70. The van der Waals surface area contributed by atoms with E-state index < -0.39 is 0 Å². The molecule has 2 aromatic carbocycles. The minimum Gasteiger partial charge on any atom is -0.325 e. The van der Waals surface area contributed by atoms with Crippen molar-refractivity contribution in [2.24, 2.45) is 0 Å². The zero-order chi connectivity index (χ0) is 17.1. The molecule has 0 radical (unpaired) electrons. The molecule has 0 bridgehead atoms. The number of benzene rings is 2. The van der Waals surface area contributed by atoms with E-state index in [2.05, 4.69) is 27.7 Å². The molecule has 2 N–H and O–H groups in total. The first-order chi connectivity index (χ1) is 12.3. The molecule has 0 spiro atoms. The van der Waals surface area contributed by atoms with Crippen LogP contribution in [0, 0.1) is 0 Å². The molecule has 25 heavy (non-hydrogen) atoms. The SMILES string of the molecule is O=C(NCN1CCNCC1)N1c2ccccc2C=Cc2ccccc21. The molecule has 0 aliphatic carbocycles. The van der Waals surface area contributed by atoms with Gasteiger partial charge in [0, 0.05) is 26.2 Å². The van der Waals surface area contributed by atoms with Crippen molar-refractivity contribution in [1.29, 1.82) is 0 Å². The number of fused-ring (bicyclic) bond motifs is 2. The summed E-state index contributed by atoms with van der Waals surface area (Å²) in [5.41, 5.74) is 3.88. The van der Waals surface area contributed by atoms with Gasteiger partial charge in [-0.3, -0.25) is 9.80 Å². The lowest BCUT2D eigenvalue weighted by Crippen LogP contribution is -2.50. The molecule has 2 amide bonds. The maximum absolute atomic E-state index is 13.1. The van der Waals surface area contributed by atoms with Gasteiger partial charge in [0.2, 0.25) is 0 Å². The Balaban J connectivity index is 1.63. The lowest BCUT2D eigenvalue weighted by atomic mass is 10.1. The second-order valence-corrected chi connectivity index (χ2v) is 6.29. The van der Waals surface area contributed by atoms with Crippen LogP contribution in [0.25, 0.3) is 12.2 Å². The highest BCUT2D eigenvalue weighted by molar-refractivity contribution is 6.05. The fraction of sp³-hybridized carbons (Fsp3) is 0.250. The van der Waals surface area contributed by atoms with E-state index >= 15 is 0 Å². The van der Waals surface area contributed by atoms with Crippen LogP contribution in [0.2, 0.25) is 0 Å². The summed E-state index contributed by atoms with van der Waals surface area (Å²) in [6.07, 6.45) is 4.13. The molecule has 0 aromatic heterocycles. The zero-order valence-electron chi connectivity index (χ0n) is 14.1. The molecule has 4 rings (SSSR count). The lowest BCUT2D eigenvalue weighted by molar-refractivity contribution is 0.212. The molecule has 2 aliphatic rings. The molecule has 5 nitrogen and oxygen atoms in total. The summed E-state index contributed by atoms with van der Waals surface area (Å²) < 4.78 is 0. The Hall–Kier alpha value is -2.63. The number of amides is 2. The molecule has 0 unspecified atom stereocenters. The quantitative estimate of drug-likeness (QED) is 0.888. The second-order valence-electron chi connectivity index (χ2n) is 6.29. The Bertz CT molecular complexity index is 746. The molecule has 1 saturated heterocycles. The maximum Gasteiger partial charge on any atom is 0.327 e. The summed E-state index contributed by atoms with van der Waals surface area (Å²) in [4.78, 5) is 17.1. The van der Waals surface area contributed by atoms with Gasteiger partial charge in [0.1, 0.15) is 0 Å². The fourth-order valence-electron chi connectivity index (χ4n) is 3.32. The number of carbonyl (C=O) groups is 1. The van der Waals surface area contributed by atoms with Crippen LogP contribution in [-0.2, 0) is 0 Å². The number of hydrogen-bond donors (Lipinski definition) is 2. The molecule has 2 aromatic rings. The molecule has 2 aliphatic heterocycles. The van der Waals surface area contributed by atoms with Crippen LogP contribution in [0.5, 0.6) is 0 Å². The number of anilines is 2. The Labute approximate surface area is 147 Å². The van der Waals surface area contributed by atoms with Crippen molar-refractivity contribution < 1.29 is 4.79 Å². The number of rotatable bonds is 2. The van der Waals surface area contributed by atoms with Gasteiger partial charge in [0.15, 0.2) is 0 Å². The van der Waals surface area contributed by atoms with Crippen molar-refractivity contribution >= 4 is 29.6 Å². The maximum atomic E-state index is 13.1. The van der Waals surface area contributed by atoms with E-state index in [-0.39, 0.29) is 6.03 Å². The van der Waals surface area contributed by atoms with Gasteiger partial charge in [-0.1, -0.05) is 48.6 Å². The number of urea groups is 1. The molecule has 0 saturated carbocycles. The van der Waals surface area contributed by atoms with Crippen LogP contribution >= 0.6 is 0 Å². The molecule has 2 heterocycles. The van der Waals surface area contributed by atoms with Crippen LogP contribution in [0.15, 0.2) is 48.5 Å². The number of piperazine rings is 1. The van der Waals surface area contributed by atoms with Crippen LogP contribution in [0.1, 0.15) is 11.1 Å². The Morgan fingerprint density at radius 1 is 0.920 bits per heavy atom. The normalized spacial score (nSPS) is 16.7. The van der Waals surface area contributed by atoms with Gasteiger partial charge < -0.3 is 10.6 Å². The topological polar surface area (TPSA) is 47.6 Å². The third-order valence-electron chi connectivity index (χ3n) is 4.66. The van der Waals surface area contributed by atoms with Gasteiger partial charge in [-0.25, -0.2) is 4.79 Å². The van der Waals surface area contributed by atoms with Crippen LogP contribution < -0.4 is 15.5 Å². The molecular weight excluding hydrogens is 312 g/mol.